The van der Waals surface area contributed by atoms with E-state index >= 15 is 0 Å². The van der Waals surface area contributed by atoms with Gasteiger partial charge in [-0.1, -0.05) is 6.42 Å². The Morgan fingerprint density at radius 1 is 1.50 bits per heavy atom. The van der Waals surface area contributed by atoms with Gasteiger partial charge in [0.2, 0.25) is 5.91 Å². The molecule has 1 aliphatic heterocycles. The zero-order valence-electron chi connectivity index (χ0n) is 7.62. The lowest BCUT2D eigenvalue weighted by molar-refractivity contribution is -0.125. The maximum absolute atomic E-state index is 11.2. The molecule has 3 heteroatoms. The van der Waals surface area contributed by atoms with Gasteiger partial charge in [-0.3, -0.25) is 9.69 Å². The minimum absolute atomic E-state index is 0.273. The summed E-state index contributed by atoms with van der Waals surface area (Å²) in [6.45, 7) is 2.62. The highest BCUT2D eigenvalue weighted by Crippen LogP contribution is 2.27. The van der Waals surface area contributed by atoms with E-state index < -0.39 is 0 Å². The molecule has 0 radical (unpaired) electrons. The monoisotopic (exact) mass is 168 g/mol. The topological polar surface area (TPSA) is 23.6 Å². The van der Waals surface area contributed by atoms with Crippen molar-refractivity contribution >= 4 is 5.91 Å². The molecule has 1 saturated heterocycles. The van der Waals surface area contributed by atoms with Crippen LogP contribution in [0.15, 0.2) is 0 Å². The molecule has 1 aliphatic carbocycles. The van der Waals surface area contributed by atoms with Gasteiger partial charge in [-0.25, -0.2) is 0 Å². The maximum atomic E-state index is 11.2. The lowest BCUT2D eigenvalue weighted by atomic mass is 9.85. The van der Waals surface area contributed by atoms with Gasteiger partial charge < -0.3 is 4.90 Å². The van der Waals surface area contributed by atoms with Crippen LogP contribution in [0, 0.1) is 5.92 Å². The first-order chi connectivity index (χ1) is 5.75. The number of carbonyl (C=O) groups excluding carboxylic acids is 1. The van der Waals surface area contributed by atoms with E-state index in [0.717, 1.165) is 19.1 Å². The Bertz CT molecular complexity index is 189. The summed E-state index contributed by atoms with van der Waals surface area (Å²) in [4.78, 5) is 15.2. The quantitative estimate of drug-likeness (QED) is 0.600. The molecule has 0 aromatic carbocycles. The van der Waals surface area contributed by atoms with Crippen LogP contribution >= 0.6 is 0 Å². The maximum Gasteiger partial charge on any atom is 0.237 e. The average molecular weight is 168 g/mol. The van der Waals surface area contributed by atoms with E-state index in [9.17, 15) is 4.79 Å². The van der Waals surface area contributed by atoms with E-state index in [1.54, 1.807) is 4.90 Å². The summed E-state index contributed by atoms with van der Waals surface area (Å²) in [6, 6.07) is 0. The average Bonchev–Trinajstić information content (AvgIpc) is 2.24. The molecule has 0 N–H and O–H groups in total. The van der Waals surface area contributed by atoms with Crippen molar-refractivity contribution in [1.29, 1.82) is 0 Å². The molecule has 1 saturated carbocycles. The predicted molar refractivity (Wildman–Crippen MR) is 46.6 cm³/mol. The molecule has 0 bridgehead atoms. The van der Waals surface area contributed by atoms with Gasteiger partial charge in [0.25, 0.3) is 0 Å². The second kappa shape index (κ2) is 3.05. The van der Waals surface area contributed by atoms with Crippen molar-refractivity contribution in [3.05, 3.63) is 0 Å². The van der Waals surface area contributed by atoms with Gasteiger partial charge in [-0.2, -0.15) is 0 Å². The lowest BCUT2D eigenvalue weighted by Crippen LogP contribution is -2.31. The van der Waals surface area contributed by atoms with Crippen molar-refractivity contribution in [3.63, 3.8) is 0 Å². The number of nitrogens with zero attached hydrogens (tertiary/aromatic N) is 2. The Balaban J connectivity index is 1.78. The predicted octanol–water partition coefficient (Wildman–Crippen LogP) is 0.518. The minimum Gasteiger partial charge on any atom is -0.332 e. The van der Waals surface area contributed by atoms with E-state index in [1.165, 1.54) is 19.3 Å². The third-order valence-electron chi connectivity index (χ3n) is 2.94. The molecule has 2 rings (SSSR count). The first-order valence-electron chi connectivity index (χ1n) is 4.72. The van der Waals surface area contributed by atoms with Gasteiger partial charge in [-0.05, 0) is 18.8 Å². The molecule has 0 aromatic rings. The summed E-state index contributed by atoms with van der Waals surface area (Å²) in [5, 5.41) is 0. The van der Waals surface area contributed by atoms with Crippen LogP contribution in [0.3, 0.4) is 0 Å². The highest BCUT2D eigenvalue weighted by atomic mass is 16.2. The number of likely N-dealkylation sites (N-methyl/N-ethyl adjacent to an activating group) is 1. The largest absolute Gasteiger partial charge is 0.332 e. The fourth-order valence-electron chi connectivity index (χ4n) is 1.90. The Labute approximate surface area is 73.3 Å². The molecule has 0 atom stereocenters. The van der Waals surface area contributed by atoms with Crippen molar-refractivity contribution in [2.45, 2.75) is 19.3 Å². The summed E-state index contributed by atoms with van der Waals surface area (Å²) >= 11 is 0. The summed E-state index contributed by atoms with van der Waals surface area (Å²) in [7, 11) is 1.88. The fourth-order valence-corrected chi connectivity index (χ4v) is 1.90. The molecular formula is C9H16N2O. The summed E-state index contributed by atoms with van der Waals surface area (Å²) < 4.78 is 0. The number of hydrogen-bond donors (Lipinski definition) is 0. The van der Waals surface area contributed by atoms with Crippen molar-refractivity contribution < 1.29 is 4.79 Å². The van der Waals surface area contributed by atoms with Crippen LogP contribution < -0.4 is 0 Å². The van der Waals surface area contributed by atoms with Gasteiger partial charge in [0.1, 0.15) is 0 Å². The van der Waals surface area contributed by atoms with Crippen LogP contribution in [0.25, 0.3) is 0 Å². The van der Waals surface area contributed by atoms with Crippen LogP contribution in [0.2, 0.25) is 0 Å². The van der Waals surface area contributed by atoms with Crippen LogP contribution in [0.5, 0.6) is 0 Å². The molecule has 0 aromatic heterocycles. The lowest BCUT2D eigenvalue weighted by Gasteiger charge is -2.29. The van der Waals surface area contributed by atoms with E-state index in [1.807, 2.05) is 7.05 Å². The second-order valence-corrected chi connectivity index (χ2v) is 4.04. The molecule has 0 spiro atoms. The molecule has 3 nitrogen and oxygen atoms in total. The Hall–Kier alpha value is -0.570. The Morgan fingerprint density at radius 2 is 2.25 bits per heavy atom. The smallest absolute Gasteiger partial charge is 0.237 e. The van der Waals surface area contributed by atoms with Crippen LogP contribution in [0.1, 0.15) is 19.3 Å². The fraction of sp³-hybridized carbons (Fsp3) is 0.889. The first-order valence-corrected chi connectivity index (χ1v) is 4.72. The third-order valence-corrected chi connectivity index (χ3v) is 2.94. The zero-order chi connectivity index (χ0) is 8.55. The van der Waals surface area contributed by atoms with E-state index in [-0.39, 0.29) is 5.91 Å². The number of carbonyl (C=O) groups is 1. The standard InChI is InChI=1S/C9H16N2O/c1-10-7-11(6-9(10)12)5-8-3-2-4-8/h8H,2-7H2,1H3. The van der Waals surface area contributed by atoms with Crippen molar-refractivity contribution in [3.8, 4) is 0 Å². The summed E-state index contributed by atoms with van der Waals surface area (Å²) in [5.74, 6) is 1.15. The van der Waals surface area contributed by atoms with Crippen LogP contribution in [-0.4, -0.2) is 42.5 Å². The minimum atomic E-state index is 0.273. The molecule has 1 heterocycles. The Morgan fingerprint density at radius 3 is 2.67 bits per heavy atom. The molecular weight excluding hydrogens is 152 g/mol. The molecule has 2 aliphatic rings. The van der Waals surface area contributed by atoms with Crippen molar-refractivity contribution in [1.82, 2.24) is 9.80 Å². The number of hydrogen-bond acceptors (Lipinski definition) is 2. The highest BCUT2D eigenvalue weighted by molar-refractivity contribution is 5.79. The summed E-state index contributed by atoms with van der Waals surface area (Å²) in [5.41, 5.74) is 0. The molecule has 0 unspecified atom stereocenters. The zero-order valence-corrected chi connectivity index (χ0v) is 7.62. The van der Waals surface area contributed by atoms with Crippen LogP contribution in [0.4, 0.5) is 0 Å². The van der Waals surface area contributed by atoms with E-state index in [4.69, 9.17) is 0 Å². The third kappa shape index (κ3) is 1.46. The van der Waals surface area contributed by atoms with Gasteiger partial charge in [0.15, 0.2) is 0 Å². The van der Waals surface area contributed by atoms with Crippen LogP contribution in [-0.2, 0) is 4.79 Å². The van der Waals surface area contributed by atoms with Gasteiger partial charge >= 0.3 is 0 Å². The highest BCUT2D eigenvalue weighted by Gasteiger charge is 2.28. The van der Waals surface area contributed by atoms with E-state index in [0.29, 0.717) is 6.54 Å². The second-order valence-electron chi connectivity index (χ2n) is 4.04. The van der Waals surface area contributed by atoms with Crippen molar-refractivity contribution in [2.75, 3.05) is 26.8 Å². The van der Waals surface area contributed by atoms with Crippen molar-refractivity contribution in [2.24, 2.45) is 5.92 Å². The van der Waals surface area contributed by atoms with Gasteiger partial charge in [0.05, 0.1) is 13.2 Å². The SMILES string of the molecule is CN1CN(CC2CCC2)CC1=O. The first kappa shape index (κ1) is 8.05. The van der Waals surface area contributed by atoms with Gasteiger partial charge in [-0.15, -0.1) is 0 Å². The Kier molecular flexibility index (Phi) is 2.05. The molecule has 12 heavy (non-hydrogen) atoms. The van der Waals surface area contributed by atoms with Gasteiger partial charge in [0, 0.05) is 13.6 Å². The molecule has 1 amide bonds. The van der Waals surface area contributed by atoms with E-state index in [2.05, 4.69) is 4.90 Å². The summed E-state index contributed by atoms with van der Waals surface area (Å²) in [6.07, 6.45) is 4.13. The normalized spacial score (nSPS) is 26.4. The molecule has 2 fully saturated rings. The number of rotatable bonds is 2. The number of amides is 1. The molecule has 68 valence electrons.